The third kappa shape index (κ3) is 2.94. The van der Waals surface area contributed by atoms with E-state index >= 15 is 0 Å². The highest BCUT2D eigenvalue weighted by atomic mass is 14.9. The Hall–Kier alpha value is -1.28. The van der Waals surface area contributed by atoms with Crippen molar-refractivity contribution in [1.29, 1.82) is 0 Å². The Morgan fingerprint density at radius 1 is 1.22 bits per heavy atom. The first-order valence-corrected chi connectivity index (χ1v) is 7.03. The van der Waals surface area contributed by atoms with Crippen LogP contribution in [0.5, 0.6) is 0 Å². The summed E-state index contributed by atoms with van der Waals surface area (Å²) in [7, 11) is 0. The summed E-state index contributed by atoms with van der Waals surface area (Å²) >= 11 is 0. The van der Waals surface area contributed by atoms with Crippen LogP contribution in [-0.4, -0.2) is 17.6 Å². The van der Waals surface area contributed by atoms with E-state index in [4.69, 9.17) is 0 Å². The highest BCUT2D eigenvalue weighted by molar-refractivity contribution is 5.86. The zero-order valence-electron chi connectivity index (χ0n) is 11.7. The summed E-state index contributed by atoms with van der Waals surface area (Å²) in [5, 5.41) is 4.87. The molecule has 0 unspecified atom stereocenters. The number of fused-ring (bicyclic) bond motifs is 1. The van der Waals surface area contributed by atoms with E-state index in [2.05, 4.69) is 55.5 Å². The van der Waals surface area contributed by atoms with Crippen LogP contribution in [0, 0.1) is 0 Å². The van der Waals surface area contributed by atoms with E-state index in [1.54, 1.807) is 0 Å². The van der Waals surface area contributed by atoms with Gasteiger partial charge in [0, 0.05) is 23.1 Å². The molecule has 0 saturated carbocycles. The van der Waals surface area contributed by atoms with Gasteiger partial charge >= 0.3 is 0 Å². The molecule has 98 valence electrons. The molecule has 1 heterocycles. The molecule has 2 N–H and O–H groups in total. The Balaban J connectivity index is 2.05. The van der Waals surface area contributed by atoms with Gasteiger partial charge in [-0.1, -0.05) is 39.0 Å². The molecule has 2 nitrogen and oxygen atoms in total. The molecule has 2 heteroatoms. The van der Waals surface area contributed by atoms with Gasteiger partial charge in [-0.05, 0) is 36.9 Å². The number of aryl methyl sites for hydroxylation is 2. The Labute approximate surface area is 110 Å². The van der Waals surface area contributed by atoms with Crippen LogP contribution in [0.25, 0.3) is 10.9 Å². The van der Waals surface area contributed by atoms with E-state index in [1.807, 2.05) is 0 Å². The second-order valence-electron chi connectivity index (χ2n) is 5.22. The molecule has 0 aliphatic heterocycles. The summed E-state index contributed by atoms with van der Waals surface area (Å²) in [5.41, 5.74) is 4.19. The second-order valence-corrected chi connectivity index (χ2v) is 5.22. The summed E-state index contributed by atoms with van der Waals surface area (Å²) in [6, 6.07) is 7.20. The van der Waals surface area contributed by atoms with E-state index in [1.165, 1.54) is 28.5 Å². The number of benzene rings is 1. The predicted octanol–water partition coefficient (Wildman–Crippen LogP) is 3.66. The predicted molar refractivity (Wildman–Crippen MR) is 79.1 cm³/mol. The Morgan fingerprint density at radius 3 is 2.78 bits per heavy atom. The molecular weight excluding hydrogens is 220 g/mol. The first-order valence-electron chi connectivity index (χ1n) is 7.03. The van der Waals surface area contributed by atoms with Crippen molar-refractivity contribution in [2.45, 2.75) is 46.1 Å². The molecule has 0 aliphatic rings. The van der Waals surface area contributed by atoms with Gasteiger partial charge < -0.3 is 10.3 Å². The molecule has 2 rings (SSSR count). The number of H-pyrrole nitrogens is 1. The first-order chi connectivity index (χ1) is 8.72. The Kier molecular flexibility index (Phi) is 4.43. The molecule has 18 heavy (non-hydrogen) atoms. The van der Waals surface area contributed by atoms with E-state index in [-0.39, 0.29) is 0 Å². The van der Waals surface area contributed by atoms with Crippen molar-refractivity contribution in [3.05, 3.63) is 35.5 Å². The molecule has 0 spiro atoms. The van der Waals surface area contributed by atoms with E-state index in [0.29, 0.717) is 6.04 Å². The van der Waals surface area contributed by atoms with Gasteiger partial charge in [-0.25, -0.2) is 0 Å². The normalized spacial score (nSPS) is 11.6. The molecule has 2 aromatic rings. The van der Waals surface area contributed by atoms with E-state index < -0.39 is 0 Å². The maximum atomic E-state index is 3.47. The molecular formula is C16H24N2. The van der Waals surface area contributed by atoms with Gasteiger partial charge in [0.2, 0.25) is 0 Å². The van der Waals surface area contributed by atoms with Crippen molar-refractivity contribution in [3.8, 4) is 0 Å². The van der Waals surface area contributed by atoms with Crippen molar-refractivity contribution < 1.29 is 0 Å². The largest absolute Gasteiger partial charge is 0.361 e. The number of nitrogens with one attached hydrogen (secondary N) is 2. The molecule has 0 atom stereocenters. The smallest absolute Gasteiger partial charge is 0.0489 e. The number of aromatic nitrogens is 1. The summed E-state index contributed by atoms with van der Waals surface area (Å²) in [5.74, 6) is 0. The lowest BCUT2D eigenvalue weighted by Crippen LogP contribution is -2.23. The zero-order chi connectivity index (χ0) is 13.0. The maximum Gasteiger partial charge on any atom is 0.0489 e. The minimum absolute atomic E-state index is 0.583. The fourth-order valence-corrected chi connectivity index (χ4v) is 2.45. The van der Waals surface area contributed by atoms with Gasteiger partial charge in [-0.15, -0.1) is 0 Å². The zero-order valence-corrected chi connectivity index (χ0v) is 11.7. The molecule has 0 fully saturated rings. The quantitative estimate of drug-likeness (QED) is 0.746. The van der Waals surface area contributed by atoms with Crippen LogP contribution in [0.1, 0.15) is 38.3 Å². The lowest BCUT2D eigenvalue weighted by Gasteiger charge is -2.07. The van der Waals surface area contributed by atoms with E-state index in [0.717, 1.165) is 19.4 Å². The molecule has 0 radical (unpaired) electrons. The third-order valence-electron chi connectivity index (χ3n) is 3.44. The highest BCUT2D eigenvalue weighted by Gasteiger charge is 2.06. The van der Waals surface area contributed by atoms with Crippen LogP contribution in [0.4, 0.5) is 0 Å². The average Bonchev–Trinajstić information content (AvgIpc) is 2.77. The Bertz CT molecular complexity index is 497. The summed E-state index contributed by atoms with van der Waals surface area (Å²) < 4.78 is 0. The summed E-state index contributed by atoms with van der Waals surface area (Å²) in [6.45, 7) is 7.69. The van der Waals surface area contributed by atoms with Gasteiger partial charge in [0.15, 0.2) is 0 Å². The van der Waals surface area contributed by atoms with Gasteiger partial charge in [0.1, 0.15) is 0 Å². The molecule has 1 aromatic heterocycles. The molecule has 0 bridgehead atoms. The minimum atomic E-state index is 0.583. The van der Waals surface area contributed by atoms with Crippen molar-refractivity contribution in [2.75, 3.05) is 6.54 Å². The molecule has 0 amide bonds. The lowest BCUT2D eigenvalue weighted by molar-refractivity contribution is 0.571. The molecule has 0 saturated heterocycles. The van der Waals surface area contributed by atoms with Crippen LogP contribution in [0.3, 0.4) is 0 Å². The number of aromatic amines is 1. The van der Waals surface area contributed by atoms with Gasteiger partial charge in [0.05, 0.1) is 0 Å². The highest BCUT2D eigenvalue weighted by Crippen LogP contribution is 2.23. The third-order valence-corrected chi connectivity index (χ3v) is 3.44. The van der Waals surface area contributed by atoms with Gasteiger partial charge in [-0.3, -0.25) is 0 Å². The fraction of sp³-hybridized carbons (Fsp3) is 0.500. The van der Waals surface area contributed by atoms with Gasteiger partial charge in [0.25, 0.3) is 0 Å². The maximum absolute atomic E-state index is 3.47. The van der Waals surface area contributed by atoms with Crippen molar-refractivity contribution >= 4 is 10.9 Å². The number of hydrogen-bond donors (Lipinski definition) is 2. The molecule has 0 aliphatic carbocycles. The van der Waals surface area contributed by atoms with E-state index in [9.17, 15) is 0 Å². The van der Waals surface area contributed by atoms with Crippen molar-refractivity contribution in [2.24, 2.45) is 0 Å². The summed E-state index contributed by atoms with van der Waals surface area (Å²) in [4.78, 5) is 3.44. The Morgan fingerprint density at radius 2 is 2.06 bits per heavy atom. The van der Waals surface area contributed by atoms with Crippen LogP contribution < -0.4 is 5.32 Å². The lowest BCUT2D eigenvalue weighted by atomic mass is 10.0. The standard InChI is InChI=1S/C16H24N2/c1-4-13-7-5-9-15-14(11-18-16(13)15)8-6-10-17-12(2)3/h5,7,9,11-12,17-18H,4,6,8,10H2,1-3H3. The number of para-hydroxylation sites is 1. The van der Waals surface area contributed by atoms with Gasteiger partial charge in [-0.2, -0.15) is 0 Å². The average molecular weight is 244 g/mol. The molecule has 1 aromatic carbocycles. The second kappa shape index (κ2) is 6.05. The first kappa shape index (κ1) is 13.2. The number of rotatable bonds is 6. The van der Waals surface area contributed by atoms with Crippen molar-refractivity contribution in [1.82, 2.24) is 10.3 Å². The summed E-state index contributed by atoms with van der Waals surface area (Å²) in [6.07, 6.45) is 5.61. The van der Waals surface area contributed by atoms with Crippen LogP contribution >= 0.6 is 0 Å². The van der Waals surface area contributed by atoms with Crippen LogP contribution in [0.15, 0.2) is 24.4 Å². The SMILES string of the molecule is CCc1cccc2c(CCCNC(C)C)c[nH]c12. The topological polar surface area (TPSA) is 27.8 Å². The minimum Gasteiger partial charge on any atom is -0.361 e. The van der Waals surface area contributed by atoms with Crippen LogP contribution in [-0.2, 0) is 12.8 Å². The monoisotopic (exact) mass is 244 g/mol. The fourth-order valence-electron chi connectivity index (χ4n) is 2.45. The van der Waals surface area contributed by atoms with Crippen molar-refractivity contribution in [3.63, 3.8) is 0 Å². The van der Waals surface area contributed by atoms with Crippen LogP contribution in [0.2, 0.25) is 0 Å². The number of hydrogen-bond acceptors (Lipinski definition) is 1.